The summed E-state index contributed by atoms with van der Waals surface area (Å²) in [4.78, 5) is 81.6. The minimum atomic E-state index is -1.31. The van der Waals surface area contributed by atoms with Gasteiger partial charge in [-0.15, -0.1) is 0 Å². The van der Waals surface area contributed by atoms with Crippen molar-refractivity contribution in [1.82, 2.24) is 26.2 Å². The molecular formula is C43H52FN5O8. The number of likely N-dealkylation sites (tertiary alicyclic amines) is 1. The number of methoxy groups -OCH3 is 1. The van der Waals surface area contributed by atoms with E-state index in [0.29, 0.717) is 6.42 Å². The van der Waals surface area contributed by atoms with Crippen LogP contribution in [0.3, 0.4) is 0 Å². The lowest BCUT2D eigenvalue weighted by Crippen LogP contribution is -2.59. The number of fused-ring (bicyclic) bond motifs is 3. The molecule has 2 aliphatic rings. The van der Waals surface area contributed by atoms with Gasteiger partial charge in [-0.2, -0.15) is 0 Å². The molecule has 0 radical (unpaired) electrons. The van der Waals surface area contributed by atoms with Gasteiger partial charge in [0.05, 0.1) is 7.11 Å². The van der Waals surface area contributed by atoms with E-state index in [1.165, 1.54) is 37.1 Å². The van der Waals surface area contributed by atoms with Crippen LogP contribution >= 0.6 is 0 Å². The number of alkyl carbamates (subject to hydrolysis) is 1. The zero-order chi connectivity index (χ0) is 41.4. The number of benzene rings is 3. The van der Waals surface area contributed by atoms with E-state index in [1.54, 1.807) is 33.8 Å². The van der Waals surface area contributed by atoms with Gasteiger partial charge in [-0.3, -0.25) is 19.2 Å². The van der Waals surface area contributed by atoms with Crippen molar-refractivity contribution in [3.8, 4) is 11.1 Å². The lowest BCUT2D eigenvalue weighted by atomic mass is 9.98. The normalized spacial score (nSPS) is 16.8. The van der Waals surface area contributed by atoms with Gasteiger partial charge in [0.25, 0.3) is 0 Å². The maximum absolute atomic E-state index is 14.9. The van der Waals surface area contributed by atoms with Crippen LogP contribution in [0, 0.1) is 17.7 Å². The van der Waals surface area contributed by atoms with Crippen molar-refractivity contribution < 1.29 is 42.6 Å². The molecule has 0 bridgehead atoms. The molecule has 13 nitrogen and oxygen atoms in total. The summed E-state index contributed by atoms with van der Waals surface area (Å²) in [6, 6.07) is 16.2. The van der Waals surface area contributed by atoms with E-state index >= 15 is 0 Å². The van der Waals surface area contributed by atoms with Crippen LogP contribution in [0.1, 0.15) is 70.1 Å². The third kappa shape index (κ3) is 9.97. The first-order chi connectivity index (χ1) is 27.2. The number of hydrogen-bond donors (Lipinski definition) is 4. The third-order valence-electron chi connectivity index (χ3n) is 10.6. The van der Waals surface area contributed by atoms with Crippen LogP contribution in [0.15, 0.2) is 72.8 Å². The van der Waals surface area contributed by atoms with Gasteiger partial charge in [0, 0.05) is 18.9 Å². The molecule has 0 saturated carbocycles. The first kappa shape index (κ1) is 42.4. The molecule has 1 heterocycles. The Hall–Kier alpha value is -5.79. The molecule has 0 spiro atoms. The first-order valence-electron chi connectivity index (χ1n) is 19.4. The second-order valence-corrected chi connectivity index (χ2v) is 15.2. The quantitative estimate of drug-likeness (QED) is 0.166. The smallest absolute Gasteiger partial charge is 0.407 e. The van der Waals surface area contributed by atoms with Crippen LogP contribution in [0.2, 0.25) is 0 Å². The highest BCUT2D eigenvalue weighted by Gasteiger charge is 2.40. The molecule has 4 N–H and O–H groups in total. The van der Waals surface area contributed by atoms with E-state index in [1.807, 2.05) is 48.5 Å². The third-order valence-corrected chi connectivity index (χ3v) is 10.6. The maximum Gasteiger partial charge on any atom is 0.407 e. The van der Waals surface area contributed by atoms with Gasteiger partial charge in [-0.05, 0) is 65.5 Å². The van der Waals surface area contributed by atoms with Crippen LogP contribution < -0.4 is 21.3 Å². The van der Waals surface area contributed by atoms with E-state index < -0.39 is 71.7 Å². The molecule has 1 aliphatic carbocycles. The van der Waals surface area contributed by atoms with Crippen molar-refractivity contribution in [2.24, 2.45) is 11.8 Å². The predicted molar refractivity (Wildman–Crippen MR) is 210 cm³/mol. The number of esters is 1. The van der Waals surface area contributed by atoms with Crippen molar-refractivity contribution in [2.75, 3.05) is 20.3 Å². The second kappa shape index (κ2) is 18.9. The van der Waals surface area contributed by atoms with E-state index in [9.17, 15) is 33.2 Å². The van der Waals surface area contributed by atoms with Gasteiger partial charge in [-0.1, -0.05) is 94.4 Å². The predicted octanol–water partition coefficient (Wildman–Crippen LogP) is 4.23. The molecule has 57 heavy (non-hydrogen) atoms. The van der Waals surface area contributed by atoms with Crippen molar-refractivity contribution in [3.05, 3.63) is 95.3 Å². The maximum atomic E-state index is 14.9. The fraction of sp³-hybridized carbons (Fsp3) is 0.442. The average molecular weight is 786 g/mol. The molecule has 1 saturated heterocycles. The summed E-state index contributed by atoms with van der Waals surface area (Å²) in [6.45, 7) is 8.62. The summed E-state index contributed by atoms with van der Waals surface area (Å²) in [5, 5.41) is 10.6. The van der Waals surface area contributed by atoms with Gasteiger partial charge < -0.3 is 35.6 Å². The highest BCUT2D eigenvalue weighted by molar-refractivity contribution is 5.96. The number of carbonyl (C=O) groups is 6. The highest BCUT2D eigenvalue weighted by atomic mass is 19.1. The van der Waals surface area contributed by atoms with Gasteiger partial charge in [0.15, 0.2) is 0 Å². The number of amides is 5. The number of carbonyl (C=O) groups excluding carboxylic acids is 6. The number of ether oxygens (including phenoxy) is 2. The lowest BCUT2D eigenvalue weighted by molar-refractivity contribution is -0.147. The number of halogens is 1. The van der Waals surface area contributed by atoms with Crippen LogP contribution in [-0.4, -0.2) is 91.1 Å². The number of rotatable bonds is 15. The molecule has 5 rings (SSSR count). The topological polar surface area (TPSA) is 172 Å². The number of nitrogens with one attached hydrogen (secondary N) is 4. The molecule has 3 aromatic rings. The zero-order valence-corrected chi connectivity index (χ0v) is 33.2. The van der Waals surface area contributed by atoms with E-state index in [0.717, 1.165) is 22.3 Å². The minimum Gasteiger partial charge on any atom is -0.467 e. The van der Waals surface area contributed by atoms with Crippen molar-refractivity contribution in [1.29, 1.82) is 0 Å². The SMILES string of the molecule is COC(=O)[C@@H](NC(=O)[C@@H](NC(=O)[C@@H]1CCCN1C(=O)[C@H](Cc1ccccc1F)NC(=O)[C@H](C)NC(=O)OCC1c2ccccc2-c2ccccc21)C(C)C)C(C)C. The summed E-state index contributed by atoms with van der Waals surface area (Å²) >= 11 is 0. The van der Waals surface area contributed by atoms with Gasteiger partial charge in [0.1, 0.15) is 42.6 Å². The van der Waals surface area contributed by atoms with Crippen LogP contribution in [-0.2, 0) is 39.9 Å². The van der Waals surface area contributed by atoms with Crippen LogP contribution in [0.4, 0.5) is 9.18 Å². The minimum absolute atomic E-state index is 0.0317. The summed E-state index contributed by atoms with van der Waals surface area (Å²) in [5.41, 5.74) is 4.36. The standard InChI is InChI=1S/C43H52FN5O8/c1-24(2)36(40(52)48-37(25(3)4)42(54)56-6)47-39(51)35-20-13-21-49(35)41(53)34(22-27-14-7-12-19-33(27)44)46-38(50)26(5)45-43(55)57-23-32-30-17-10-8-15-28(30)29-16-9-11-18-31(29)32/h7-12,14-19,24-26,32,34-37H,13,20-23H2,1-6H3,(H,45,55)(H,46,50)(H,47,51)(H,48,52)/t26-,34-,35-,36-,37-/m0/s1. The Bertz CT molecular complexity index is 1930. The molecule has 0 aromatic heterocycles. The number of nitrogens with zero attached hydrogens (tertiary/aromatic N) is 1. The molecule has 5 atom stereocenters. The summed E-state index contributed by atoms with van der Waals surface area (Å²) in [7, 11) is 1.22. The summed E-state index contributed by atoms with van der Waals surface area (Å²) < 4.78 is 25.4. The molecular weight excluding hydrogens is 733 g/mol. The largest absolute Gasteiger partial charge is 0.467 e. The van der Waals surface area contributed by atoms with E-state index in [2.05, 4.69) is 21.3 Å². The fourth-order valence-corrected chi connectivity index (χ4v) is 7.42. The van der Waals surface area contributed by atoms with Crippen molar-refractivity contribution in [2.45, 2.75) is 90.0 Å². The first-order valence-corrected chi connectivity index (χ1v) is 19.4. The Morgan fingerprint density at radius 2 is 1.35 bits per heavy atom. The van der Waals surface area contributed by atoms with Gasteiger partial charge >= 0.3 is 12.1 Å². The molecule has 1 fully saturated rings. The Morgan fingerprint density at radius 3 is 1.95 bits per heavy atom. The van der Waals surface area contributed by atoms with E-state index in [-0.39, 0.29) is 49.3 Å². The van der Waals surface area contributed by atoms with E-state index in [4.69, 9.17) is 9.47 Å². The molecule has 1 aliphatic heterocycles. The lowest BCUT2D eigenvalue weighted by Gasteiger charge is -2.31. The zero-order valence-electron chi connectivity index (χ0n) is 33.2. The molecule has 5 amide bonds. The summed E-state index contributed by atoms with van der Waals surface area (Å²) in [5.74, 6) is -4.59. The molecule has 304 valence electrons. The fourth-order valence-electron chi connectivity index (χ4n) is 7.42. The Morgan fingerprint density at radius 1 is 0.754 bits per heavy atom. The van der Waals surface area contributed by atoms with Crippen LogP contribution in [0.25, 0.3) is 11.1 Å². The Labute approximate surface area is 332 Å². The molecule has 14 heteroatoms. The number of hydrogen-bond acceptors (Lipinski definition) is 8. The molecule has 0 unspecified atom stereocenters. The van der Waals surface area contributed by atoms with Crippen molar-refractivity contribution >= 4 is 35.7 Å². The average Bonchev–Trinajstić information content (AvgIpc) is 3.81. The monoisotopic (exact) mass is 785 g/mol. The Kier molecular flexibility index (Phi) is 14.0. The van der Waals surface area contributed by atoms with Gasteiger partial charge in [-0.25, -0.2) is 14.0 Å². The Balaban J connectivity index is 1.26. The van der Waals surface area contributed by atoms with Crippen molar-refractivity contribution in [3.63, 3.8) is 0 Å². The summed E-state index contributed by atoms with van der Waals surface area (Å²) in [6.07, 6.45) is -0.329. The highest BCUT2D eigenvalue weighted by Crippen LogP contribution is 2.44. The molecule has 3 aromatic carbocycles. The van der Waals surface area contributed by atoms with Gasteiger partial charge in [0.2, 0.25) is 23.6 Å². The second-order valence-electron chi connectivity index (χ2n) is 15.2. The van der Waals surface area contributed by atoms with Crippen LogP contribution in [0.5, 0.6) is 0 Å².